The number of pyridine rings is 1. The summed E-state index contributed by atoms with van der Waals surface area (Å²) in [5, 5.41) is 6.66. The van der Waals surface area contributed by atoms with Crippen molar-refractivity contribution in [2.24, 2.45) is 5.92 Å². The standard InChI is InChI=1S/C32H32N2SSi/c1-20(2)16-21-17-25-24-12-9-15-33-32(24)35-31(25)26(18-21)28-19-29(36(4,5)6)30-23-11-8-7-10-22(23)13-14-27(30)34(28)3/h7-15,17-20H,3,16H2,1-2,4-6H3. The van der Waals surface area contributed by atoms with Crippen LogP contribution < -0.4 is 0 Å². The predicted octanol–water partition coefficient (Wildman–Crippen LogP) is 9.00. The highest BCUT2D eigenvalue weighted by Crippen LogP contribution is 2.47. The highest BCUT2D eigenvalue weighted by atomic mass is 32.1. The molecule has 36 heavy (non-hydrogen) atoms. The SMILES string of the molecule is C=[N+]1c2ccc3ccccc3c2C([Si](C)(C)C)=C[C-]1c1cc(CC(C)C)cc2c3cccnc3[s+][c-]12. The van der Waals surface area contributed by atoms with Crippen LogP contribution >= 0.6 is 11.3 Å². The molecule has 0 aliphatic carbocycles. The van der Waals surface area contributed by atoms with Crippen LogP contribution in [0, 0.1) is 12.0 Å². The number of fused-ring (bicyclic) bond motifs is 6. The smallest absolute Gasteiger partial charge is 0.316 e. The van der Waals surface area contributed by atoms with E-state index in [1.165, 1.54) is 59.9 Å². The molecule has 1 aliphatic heterocycles. The van der Waals surface area contributed by atoms with Crippen LogP contribution in [0.1, 0.15) is 30.5 Å². The van der Waals surface area contributed by atoms with Crippen LogP contribution in [-0.2, 0) is 6.42 Å². The lowest BCUT2D eigenvalue weighted by molar-refractivity contribution is -0.400. The Morgan fingerprint density at radius 3 is 2.56 bits per heavy atom. The van der Waals surface area contributed by atoms with Crippen molar-refractivity contribution >= 4 is 68.1 Å². The Morgan fingerprint density at radius 1 is 1.00 bits per heavy atom. The molecular formula is C32H32N2SSi. The van der Waals surface area contributed by atoms with Crippen LogP contribution in [0.25, 0.3) is 36.3 Å². The molecule has 2 aromatic heterocycles. The summed E-state index contributed by atoms with van der Waals surface area (Å²) in [6, 6.07) is 23.5. The fraction of sp³-hybridized carbons (Fsp3) is 0.219. The van der Waals surface area contributed by atoms with Crippen molar-refractivity contribution in [3.63, 3.8) is 0 Å². The third-order valence-corrected chi connectivity index (χ3v) is 10.3. The van der Waals surface area contributed by atoms with Gasteiger partial charge in [-0.3, -0.25) is 0 Å². The van der Waals surface area contributed by atoms with Gasteiger partial charge in [0.25, 0.3) is 0 Å². The zero-order valence-electron chi connectivity index (χ0n) is 21.7. The van der Waals surface area contributed by atoms with Crippen molar-refractivity contribution in [3.8, 4) is 0 Å². The van der Waals surface area contributed by atoms with Crippen LogP contribution in [-0.4, -0.2) is 24.4 Å². The van der Waals surface area contributed by atoms with Gasteiger partial charge in [-0.25, -0.2) is 4.98 Å². The van der Waals surface area contributed by atoms with Gasteiger partial charge in [0.15, 0.2) is 11.3 Å². The Morgan fingerprint density at radius 2 is 1.78 bits per heavy atom. The number of rotatable bonds is 4. The van der Waals surface area contributed by atoms with Crippen LogP contribution in [0.2, 0.25) is 19.6 Å². The summed E-state index contributed by atoms with van der Waals surface area (Å²) in [6.07, 6.45) is 5.41. The second-order valence-electron chi connectivity index (χ2n) is 11.4. The molecule has 4 heteroatoms. The maximum absolute atomic E-state index is 4.71. The molecule has 3 aromatic carbocycles. The summed E-state index contributed by atoms with van der Waals surface area (Å²) in [7, 11) is -1.69. The van der Waals surface area contributed by atoms with E-state index >= 15 is 0 Å². The molecule has 0 amide bonds. The Bertz CT molecular complexity index is 1700. The number of nitrogens with zero attached hydrogens (tertiary/aromatic N) is 2. The summed E-state index contributed by atoms with van der Waals surface area (Å²) >= 11 is 1.80. The summed E-state index contributed by atoms with van der Waals surface area (Å²) in [5.41, 5.74) is 5.21. The zero-order chi connectivity index (χ0) is 25.2. The van der Waals surface area contributed by atoms with Crippen molar-refractivity contribution in [2.75, 3.05) is 0 Å². The average Bonchev–Trinajstić information content (AvgIpc) is 3.21. The fourth-order valence-corrected chi connectivity index (χ4v) is 8.28. The average molecular weight is 505 g/mol. The minimum atomic E-state index is -1.69. The number of hydrogen-bond acceptors (Lipinski definition) is 1. The lowest BCUT2D eigenvalue weighted by Gasteiger charge is -2.38. The van der Waals surface area contributed by atoms with Gasteiger partial charge in [-0.2, -0.15) is 0 Å². The Kier molecular flexibility index (Phi) is 5.43. The first-order valence-electron chi connectivity index (χ1n) is 12.7. The highest BCUT2D eigenvalue weighted by Gasteiger charge is 2.30. The first kappa shape index (κ1) is 23.2. The minimum Gasteiger partial charge on any atom is -0.330 e. The normalized spacial score (nSPS) is 14.2. The first-order valence-corrected chi connectivity index (χ1v) is 17.1. The number of benzene rings is 3. The molecule has 1 aliphatic rings. The lowest BCUT2D eigenvalue weighted by Crippen LogP contribution is -2.29. The number of aromatic nitrogens is 1. The molecule has 0 atom stereocenters. The highest BCUT2D eigenvalue weighted by molar-refractivity contribution is 7.25. The zero-order valence-corrected chi connectivity index (χ0v) is 23.5. The number of hydrogen-bond donors (Lipinski definition) is 0. The van der Waals surface area contributed by atoms with Crippen molar-refractivity contribution < 1.29 is 4.58 Å². The van der Waals surface area contributed by atoms with Crippen LogP contribution in [0.3, 0.4) is 0 Å². The summed E-state index contributed by atoms with van der Waals surface area (Å²) in [5.74, 6) is 0.589. The van der Waals surface area contributed by atoms with E-state index in [4.69, 9.17) is 4.98 Å². The summed E-state index contributed by atoms with van der Waals surface area (Å²) in [6.45, 7) is 16.6. The van der Waals surface area contributed by atoms with Crippen molar-refractivity contribution in [1.82, 2.24) is 4.98 Å². The van der Waals surface area contributed by atoms with Gasteiger partial charge in [0, 0.05) is 21.0 Å². The van der Waals surface area contributed by atoms with E-state index in [0.29, 0.717) is 5.92 Å². The maximum atomic E-state index is 4.71. The van der Waals surface area contributed by atoms with Crippen molar-refractivity contribution in [1.29, 1.82) is 0 Å². The fourth-order valence-electron chi connectivity index (χ4n) is 5.55. The van der Waals surface area contributed by atoms with E-state index in [2.05, 4.69) is 112 Å². The minimum absolute atomic E-state index is 0.589. The molecular weight excluding hydrogens is 473 g/mol. The van der Waals surface area contributed by atoms with Gasteiger partial charge in [-0.05, 0) is 46.7 Å². The Labute approximate surface area is 218 Å². The third-order valence-electron chi connectivity index (χ3n) is 7.18. The first-order chi connectivity index (χ1) is 17.2. The predicted molar refractivity (Wildman–Crippen MR) is 160 cm³/mol. The van der Waals surface area contributed by atoms with E-state index in [9.17, 15) is 0 Å². The molecule has 2 nitrogen and oxygen atoms in total. The molecule has 5 aromatic rings. The largest absolute Gasteiger partial charge is 0.330 e. The summed E-state index contributed by atoms with van der Waals surface area (Å²) < 4.78 is 3.48. The van der Waals surface area contributed by atoms with Gasteiger partial charge in [-0.1, -0.05) is 81.0 Å². The van der Waals surface area contributed by atoms with Crippen molar-refractivity contribution in [3.05, 3.63) is 95.7 Å². The van der Waals surface area contributed by atoms with E-state index in [-0.39, 0.29) is 0 Å². The van der Waals surface area contributed by atoms with Crippen LogP contribution in [0.4, 0.5) is 5.69 Å². The third kappa shape index (κ3) is 3.71. The Hall–Kier alpha value is -3.21. The second kappa shape index (κ2) is 8.43. The lowest BCUT2D eigenvalue weighted by atomic mass is 9.91. The second-order valence-corrected chi connectivity index (χ2v) is 17.4. The molecule has 0 spiro atoms. The van der Waals surface area contributed by atoms with E-state index < -0.39 is 8.07 Å². The van der Waals surface area contributed by atoms with Gasteiger partial charge >= 0.3 is 4.83 Å². The molecule has 6 rings (SSSR count). The van der Waals surface area contributed by atoms with Crippen LogP contribution in [0.15, 0.2) is 72.9 Å². The molecule has 180 valence electrons. The maximum Gasteiger partial charge on any atom is 0.316 e. The van der Waals surface area contributed by atoms with Gasteiger partial charge < -0.3 is 4.58 Å². The van der Waals surface area contributed by atoms with Gasteiger partial charge in [0.1, 0.15) is 10.4 Å². The van der Waals surface area contributed by atoms with Crippen molar-refractivity contribution in [2.45, 2.75) is 39.9 Å². The molecule has 0 fully saturated rings. The van der Waals surface area contributed by atoms with E-state index in [1.54, 1.807) is 11.3 Å². The number of thiophene rings is 1. The Balaban J connectivity index is 1.66. The molecule has 0 saturated heterocycles. The van der Waals surface area contributed by atoms with E-state index in [0.717, 1.165) is 11.3 Å². The van der Waals surface area contributed by atoms with Crippen LogP contribution in [0.5, 0.6) is 0 Å². The van der Waals surface area contributed by atoms with Gasteiger partial charge in [0.2, 0.25) is 0 Å². The monoisotopic (exact) mass is 504 g/mol. The molecule has 3 heterocycles. The molecule has 0 N–H and O–H groups in total. The molecule has 0 unspecified atom stereocenters. The molecule has 0 radical (unpaired) electrons. The molecule has 0 bridgehead atoms. The van der Waals surface area contributed by atoms with Gasteiger partial charge in [0.05, 0.1) is 11.4 Å². The van der Waals surface area contributed by atoms with Gasteiger partial charge in [-0.15, -0.1) is 22.9 Å². The topological polar surface area (TPSA) is 15.9 Å². The summed E-state index contributed by atoms with van der Waals surface area (Å²) in [4.78, 5) is 5.81. The molecule has 0 saturated carbocycles. The van der Waals surface area contributed by atoms with E-state index in [1.807, 2.05) is 6.20 Å². The quantitative estimate of drug-likeness (QED) is 0.103.